The van der Waals surface area contributed by atoms with E-state index in [4.69, 9.17) is 4.74 Å². The Labute approximate surface area is 122 Å². The zero-order chi connectivity index (χ0) is 14.4. The van der Waals surface area contributed by atoms with Crippen molar-refractivity contribution in [1.82, 2.24) is 15.1 Å². The van der Waals surface area contributed by atoms with Gasteiger partial charge >= 0.3 is 0 Å². The van der Waals surface area contributed by atoms with E-state index in [-0.39, 0.29) is 0 Å². The van der Waals surface area contributed by atoms with Crippen LogP contribution in [0.1, 0.15) is 45.2 Å². The second kappa shape index (κ2) is 7.79. The fourth-order valence-electron chi connectivity index (χ4n) is 3.05. The number of ether oxygens (including phenoxy) is 1. The Kier molecular flexibility index (Phi) is 6.05. The summed E-state index contributed by atoms with van der Waals surface area (Å²) in [6.07, 6.45) is 8.50. The average molecular weight is 279 g/mol. The highest BCUT2D eigenvalue weighted by Gasteiger charge is 2.31. The minimum Gasteiger partial charge on any atom is -0.378 e. The zero-order valence-electron chi connectivity index (χ0n) is 13.1. The minimum absolute atomic E-state index is 0.520. The Balaban J connectivity index is 1.78. The van der Waals surface area contributed by atoms with E-state index < -0.39 is 0 Å². The molecular weight excluding hydrogens is 250 g/mol. The Hall–Kier alpha value is -0.870. The van der Waals surface area contributed by atoms with E-state index >= 15 is 0 Å². The lowest BCUT2D eigenvalue weighted by Gasteiger charge is -2.37. The molecule has 1 aromatic rings. The first-order valence-corrected chi connectivity index (χ1v) is 8.04. The number of nitrogens with one attached hydrogen (secondary N) is 1. The topological polar surface area (TPSA) is 39.1 Å². The molecule has 0 amide bonds. The minimum atomic E-state index is 0.520. The predicted molar refractivity (Wildman–Crippen MR) is 81.7 cm³/mol. The van der Waals surface area contributed by atoms with Gasteiger partial charge in [0.05, 0.1) is 11.8 Å². The van der Waals surface area contributed by atoms with Crippen LogP contribution in [0.3, 0.4) is 0 Å². The Morgan fingerprint density at radius 1 is 1.45 bits per heavy atom. The first-order chi connectivity index (χ1) is 9.71. The second-order valence-electron chi connectivity index (χ2n) is 5.99. The van der Waals surface area contributed by atoms with Crippen LogP contribution in [-0.4, -0.2) is 35.1 Å². The van der Waals surface area contributed by atoms with E-state index in [1.807, 2.05) is 17.9 Å². The Morgan fingerprint density at radius 2 is 2.25 bits per heavy atom. The smallest absolute Gasteiger partial charge is 0.0640 e. The van der Waals surface area contributed by atoms with Crippen LogP contribution in [0.4, 0.5) is 0 Å². The summed E-state index contributed by atoms with van der Waals surface area (Å²) in [5.41, 5.74) is 1.20. The number of hydrogen-bond donors (Lipinski definition) is 1. The largest absolute Gasteiger partial charge is 0.378 e. The van der Waals surface area contributed by atoms with Crippen LogP contribution in [0.15, 0.2) is 12.3 Å². The highest BCUT2D eigenvalue weighted by molar-refractivity contribution is 5.02. The number of rotatable bonds is 9. The van der Waals surface area contributed by atoms with Gasteiger partial charge in [0.2, 0.25) is 0 Å². The summed E-state index contributed by atoms with van der Waals surface area (Å²) < 4.78 is 7.55. The van der Waals surface area contributed by atoms with Crippen LogP contribution in [-0.2, 0) is 18.2 Å². The number of hydrogen-bond acceptors (Lipinski definition) is 3. The molecule has 0 aromatic carbocycles. The van der Waals surface area contributed by atoms with Crippen molar-refractivity contribution in [2.24, 2.45) is 13.0 Å². The molecule has 0 bridgehead atoms. The summed E-state index contributed by atoms with van der Waals surface area (Å²) in [5, 5.41) is 8.19. The van der Waals surface area contributed by atoms with Crippen LogP contribution >= 0.6 is 0 Å². The van der Waals surface area contributed by atoms with Gasteiger partial charge in [0, 0.05) is 32.3 Å². The molecule has 20 heavy (non-hydrogen) atoms. The highest BCUT2D eigenvalue weighted by atomic mass is 16.5. The molecule has 0 radical (unpaired) electrons. The van der Waals surface area contributed by atoms with Gasteiger partial charge in [-0.3, -0.25) is 4.68 Å². The van der Waals surface area contributed by atoms with Crippen LogP contribution in [0.5, 0.6) is 0 Å². The molecule has 0 aliphatic heterocycles. The molecule has 114 valence electrons. The average Bonchev–Trinajstić information content (AvgIpc) is 2.78. The van der Waals surface area contributed by atoms with E-state index in [2.05, 4.69) is 30.3 Å². The van der Waals surface area contributed by atoms with Gasteiger partial charge in [0.1, 0.15) is 0 Å². The summed E-state index contributed by atoms with van der Waals surface area (Å²) >= 11 is 0. The fraction of sp³-hybridized carbons (Fsp3) is 0.812. The van der Waals surface area contributed by atoms with Gasteiger partial charge in [-0.05, 0) is 51.1 Å². The van der Waals surface area contributed by atoms with Gasteiger partial charge < -0.3 is 10.1 Å². The first-order valence-electron chi connectivity index (χ1n) is 8.04. The molecule has 1 aliphatic carbocycles. The monoisotopic (exact) mass is 279 g/mol. The standard InChI is InChI=1S/C16H29N3O/c1-4-7-17-15(12-14-6-8-19(3)18-14)9-13-10-16(11-13)20-5-2/h6,8,13,15-17H,4-5,7,9-12H2,1-3H3. The van der Waals surface area contributed by atoms with E-state index in [9.17, 15) is 0 Å². The molecule has 1 fully saturated rings. The maximum absolute atomic E-state index is 5.66. The third-order valence-corrected chi connectivity index (χ3v) is 4.12. The van der Waals surface area contributed by atoms with Crippen molar-refractivity contribution in [3.63, 3.8) is 0 Å². The van der Waals surface area contributed by atoms with E-state index in [1.165, 1.54) is 31.4 Å². The second-order valence-corrected chi connectivity index (χ2v) is 5.99. The molecule has 1 atom stereocenters. The molecule has 1 unspecified atom stereocenters. The summed E-state index contributed by atoms with van der Waals surface area (Å²) in [7, 11) is 1.98. The predicted octanol–water partition coefficient (Wildman–Crippen LogP) is 2.54. The first kappa shape index (κ1) is 15.5. The van der Waals surface area contributed by atoms with Gasteiger partial charge in [0.15, 0.2) is 0 Å². The van der Waals surface area contributed by atoms with Gasteiger partial charge in [0.25, 0.3) is 0 Å². The number of aromatic nitrogens is 2. The lowest BCUT2D eigenvalue weighted by Crippen LogP contribution is -2.39. The Bertz CT molecular complexity index is 385. The van der Waals surface area contributed by atoms with Crippen molar-refractivity contribution in [3.05, 3.63) is 18.0 Å². The summed E-state index contributed by atoms with van der Waals surface area (Å²) in [5.74, 6) is 0.824. The fourth-order valence-corrected chi connectivity index (χ4v) is 3.05. The molecule has 1 N–H and O–H groups in total. The quantitative estimate of drug-likeness (QED) is 0.755. The van der Waals surface area contributed by atoms with Crippen molar-refractivity contribution >= 4 is 0 Å². The maximum atomic E-state index is 5.66. The zero-order valence-corrected chi connectivity index (χ0v) is 13.1. The van der Waals surface area contributed by atoms with Crippen molar-refractivity contribution in [2.75, 3.05) is 13.2 Å². The van der Waals surface area contributed by atoms with Crippen molar-refractivity contribution in [3.8, 4) is 0 Å². The summed E-state index contributed by atoms with van der Waals surface area (Å²) in [4.78, 5) is 0. The van der Waals surface area contributed by atoms with Gasteiger partial charge in [-0.2, -0.15) is 5.10 Å². The van der Waals surface area contributed by atoms with Crippen LogP contribution in [0, 0.1) is 5.92 Å². The molecule has 4 heteroatoms. The van der Waals surface area contributed by atoms with Crippen molar-refractivity contribution < 1.29 is 4.74 Å². The van der Waals surface area contributed by atoms with Gasteiger partial charge in [-0.25, -0.2) is 0 Å². The van der Waals surface area contributed by atoms with Crippen molar-refractivity contribution in [1.29, 1.82) is 0 Å². The maximum Gasteiger partial charge on any atom is 0.0640 e. The van der Waals surface area contributed by atoms with E-state index in [1.54, 1.807) is 0 Å². The Morgan fingerprint density at radius 3 is 2.85 bits per heavy atom. The molecular formula is C16H29N3O. The third kappa shape index (κ3) is 4.60. The van der Waals surface area contributed by atoms with Crippen molar-refractivity contribution in [2.45, 2.75) is 58.1 Å². The highest BCUT2D eigenvalue weighted by Crippen LogP contribution is 2.34. The third-order valence-electron chi connectivity index (χ3n) is 4.12. The van der Waals surface area contributed by atoms with Gasteiger partial charge in [-0.15, -0.1) is 0 Å². The van der Waals surface area contributed by atoms with Gasteiger partial charge in [-0.1, -0.05) is 6.92 Å². The molecule has 1 saturated carbocycles. The van der Waals surface area contributed by atoms with E-state index in [0.29, 0.717) is 12.1 Å². The van der Waals surface area contributed by atoms with Crippen LogP contribution in [0.25, 0.3) is 0 Å². The molecule has 1 aromatic heterocycles. The molecule has 2 rings (SSSR count). The summed E-state index contributed by atoms with van der Waals surface area (Å²) in [6.45, 7) is 6.25. The number of nitrogens with zero attached hydrogens (tertiary/aromatic N) is 2. The summed E-state index contributed by atoms with van der Waals surface area (Å²) in [6, 6.07) is 2.68. The molecule has 0 saturated heterocycles. The normalized spacial score (nSPS) is 23.6. The van der Waals surface area contributed by atoms with Crippen LogP contribution < -0.4 is 5.32 Å². The van der Waals surface area contributed by atoms with E-state index in [0.717, 1.165) is 25.5 Å². The number of aryl methyl sites for hydroxylation is 1. The lowest BCUT2D eigenvalue weighted by molar-refractivity contribution is -0.0290. The SMILES string of the molecule is CCCNC(Cc1ccn(C)n1)CC1CC(OCC)C1. The molecule has 1 heterocycles. The lowest BCUT2D eigenvalue weighted by atomic mass is 9.77. The molecule has 4 nitrogen and oxygen atoms in total. The van der Waals surface area contributed by atoms with Crippen LogP contribution in [0.2, 0.25) is 0 Å². The molecule has 1 aliphatic rings. The molecule has 0 spiro atoms.